The predicted molar refractivity (Wildman–Crippen MR) is 83.3 cm³/mol. The van der Waals surface area contributed by atoms with Gasteiger partial charge in [-0.2, -0.15) is 0 Å². The highest BCUT2D eigenvalue weighted by molar-refractivity contribution is 6.33. The molecule has 2 rings (SSSR count). The van der Waals surface area contributed by atoms with Crippen molar-refractivity contribution >= 4 is 29.3 Å². The summed E-state index contributed by atoms with van der Waals surface area (Å²) in [6.45, 7) is 5.42. The van der Waals surface area contributed by atoms with Crippen LogP contribution in [0.5, 0.6) is 0 Å². The minimum absolute atomic E-state index is 0.403. The fourth-order valence-corrected chi connectivity index (χ4v) is 3.07. The van der Waals surface area contributed by atoms with Crippen LogP contribution < -0.4 is 4.90 Å². The molecule has 3 nitrogen and oxygen atoms in total. The summed E-state index contributed by atoms with van der Waals surface area (Å²) in [6, 6.07) is 6.03. The number of para-hydroxylation sites is 1. The summed E-state index contributed by atoms with van der Waals surface area (Å²) in [6.07, 6.45) is 5.14. The molecule has 2 unspecified atom stereocenters. The van der Waals surface area contributed by atoms with Crippen LogP contribution in [0, 0.1) is 5.92 Å². The topological polar surface area (TPSA) is 40.5 Å². The van der Waals surface area contributed by atoms with E-state index in [0.717, 1.165) is 30.3 Å². The maximum atomic E-state index is 10.7. The van der Waals surface area contributed by atoms with E-state index in [-0.39, 0.29) is 0 Å². The molecule has 0 bridgehead atoms. The van der Waals surface area contributed by atoms with Crippen LogP contribution in [0.1, 0.15) is 32.3 Å². The third kappa shape index (κ3) is 3.15. The largest absolute Gasteiger partial charge is 0.478 e. The van der Waals surface area contributed by atoms with Crippen molar-refractivity contribution in [2.45, 2.75) is 32.7 Å². The molecular weight excluding hydrogens is 274 g/mol. The Hall–Kier alpha value is -1.48. The average Bonchev–Trinajstić information content (AvgIpc) is 2.40. The number of carboxylic acid groups (broad SMARTS) is 1. The van der Waals surface area contributed by atoms with E-state index in [4.69, 9.17) is 16.7 Å². The maximum Gasteiger partial charge on any atom is 0.328 e. The fourth-order valence-electron chi connectivity index (χ4n) is 2.78. The van der Waals surface area contributed by atoms with E-state index in [9.17, 15) is 4.79 Å². The second kappa shape index (κ2) is 6.31. The van der Waals surface area contributed by atoms with Gasteiger partial charge in [0.25, 0.3) is 0 Å². The van der Waals surface area contributed by atoms with Gasteiger partial charge in [0.15, 0.2) is 0 Å². The lowest BCUT2D eigenvalue weighted by Gasteiger charge is -2.40. The molecule has 1 aromatic rings. The molecule has 1 N–H and O–H groups in total. The minimum atomic E-state index is -0.948. The van der Waals surface area contributed by atoms with Crippen LogP contribution >= 0.6 is 11.6 Å². The summed E-state index contributed by atoms with van der Waals surface area (Å²) >= 11 is 6.37. The van der Waals surface area contributed by atoms with Gasteiger partial charge in [0.1, 0.15) is 0 Å². The molecule has 1 aliphatic rings. The van der Waals surface area contributed by atoms with Crippen molar-refractivity contribution in [3.05, 3.63) is 34.9 Å². The Bertz CT molecular complexity index is 527. The number of hydrogen-bond acceptors (Lipinski definition) is 2. The first kappa shape index (κ1) is 14.9. The van der Waals surface area contributed by atoms with E-state index in [1.54, 1.807) is 6.08 Å². The van der Waals surface area contributed by atoms with Gasteiger partial charge in [-0.05, 0) is 43.4 Å². The molecule has 0 aromatic heterocycles. The van der Waals surface area contributed by atoms with Crippen LogP contribution in [0.4, 0.5) is 5.69 Å². The predicted octanol–water partition coefficient (Wildman–Crippen LogP) is 4.06. The normalized spacial score (nSPS) is 23.2. The Morgan fingerprint density at radius 3 is 2.90 bits per heavy atom. The summed E-state index contributed by atoms with van der Waals surface area (Å²) in [7, 11) is 0. The van der Waals surface area contributed by atoms with Crippen LogP contribution in [-0.2, 0) is 4.79 Å². The number of carboxylic acids is 1. The van der Waals surface area contributed by atoms with Gasteiger partial charge in [0, 0.05) is 18.7 Å². The van der Waals surface area contributed by atoms with Crippen molar-refractivity contribution in [3.8, 4) is 0 Å². The molecule has 1 aromatic carbocycles. The Labute approximate surface area is 124 Å². The standard InChI is InChI=1S/C16H20ClNO2/c1-11-5-4-10-18(12(11)2)16-13(8-9-15(19)20)6-3-7-14(16)17/h3,6-9,11-12H,4-5,10H2,1-2H3,(H,19,20)/b9-8+. The van der Waals surface area contributed by atoms with E-state index in [1.807, 2.05) is 18.2 Å². The van der Waals surface area contributed by atoms with Gasteiger partial charge >= 0.3 is 5.97 Å². The first-order chi connectivity index (χ1) is 9.50. The molecule has 0 saturated carbocycles. The lowest BCUT2D eigenvalue weighted by Crippen LogP contribution is -2.42. The summed E-state index contributed by atoms with van der Waals surface area (Å²) in [5.41, 5.74) is 1.81. The quantitative estimate of drug-likeness (QED) is 0.854. The molecule has 0 spiro atoms. The van der Waals surface area contributed by atoms with Crippen LogP contribution in [0.3, 0.4) is 0 Å². The number of rotatable bonds is 3. The first-order valence-electron chi connectivity index (χ1n) is 6.97. The first-order valence-corrected chi connectivity index (χ1v) is 7.34. The zero-order valence-electron chi connectivity index (χ0n) is 11.8. The van der Waals surface area contributed by atoms with Crippen LogP contribution in [0.25, 0.3) is 6.08 Å². The number of benzene rings is 1. The lowest BCUT2D eigenvalue weighted by molar-refractivity contribution is -0.131. The number of hydrogen-bond donors (Lipinski definition) is 1. The van der Waals surface area contributed by atoms with Gasteiger partial charge in [-0.15, -0.1) is 0 Å². The smallest absolute Gasteiger partial charge is 0.328 e. The van der Waals surface area contributed by atoms with Gasteiger partial charge in [0.2, 0.25) is 0 Å². The number of aliphatic carboxylic acids is 1. The second-order valence-electron chi connectivity index (χ2n) is 5.40. The zero-order valence-corrected chi connectivity index (χ0v) is 12.6. The highest BCUT2D eigenvalue weighted by atomic mass is 35.5. The van der Waals surface area contributed by atoms with E-state index in [1.165, 1.54) is 6.42 Å². The summed E-state index contributed by atoms with van der Waals surface area (Å²) < 4.78 is 0. The molecule has 0 radical (unpaired) electrons. The molecule has 1 saturated heterocycles. The molecule has 0 aliphatic carbocycles. The Balaban J connectivity index is 2.41. The van der Waals surface area contributed by atoms with E-state index in [2.05, 4.69) is 18.7 Å². The van der Waals surface area contributed by atoms with Gasteiger partial charge < -0.3 is 10.0 Å². The van der Waals surface area contributed by atoms with Gasteiger partial charge in [0.05, 0.1) is 10.7 Å². The SMILES string of the molecule is CC1CCCN(c2c(Cl)cccc2/C=C/C(=O)O)C1C. The van der Waals surface area contributed by atoms with Crippen molar-refractivity contribution in [2.75, 3.05) is 11.4 Å². The van der Waals surface area contributed by atoms with Crippen molar-refractivity contribution in [3.63, 3.8) is 0 Å². The molecule has 1 aliphatic heterocycles. The third-order valence-electron chi connectivity index (χ3n) is 4.08. The Morgan fingerprint density at radius 1 is 1.45 bits per heavy atom. The third-order valence-corrected chi connectivity index (χ3v) is 4.39. The van der Waals surface area contributed by atoms with Crippen molar-refractivity contribution in [1.82, 2.24) is 0 Å². The number of halogens is 1. The van der Waals surface area contributed by atoms with Gasteiger partial charge in [-0.3, -0.25) is 0 Å². The number of piperidine rings is 1. The second-order valence-corrected chi connectivity index (χ2v) is 5.81. The summed E-state index contributed by atoms with van der Waals surface area (Å²) in [5, 5.41) is 9.49. The number of nitrogens with zero attached hydrogens (tertiary/aromatic N) is 1. The van der Waals surface area contributed by atoms with Crippen molar-refractivity contribution in [1.29, 1.82) is 0 Å². The summed E-state index contributed by atoms with van der Waals surface area (Å²) in [4.78, 5) is 13.0. The lowest BCUT2D eigenvalue weighted by atomic mass is 9.91. The highest BCUT2D eigenvalue weighted by Crippen LogP contribution is 2.36. The molecule has 1 fully saturated rings. The maximum absolute atomic E-state index is 10.7. The minimum Gasteiger partial charge on any atom is -0.478 e. The van der Waals surface area contributed by atoms with E-state index < -0.39 is 5.97 Å². The van der Waals surface area contributed by atoms with Crippen LogP contribution in [0.2, 0.25) is 5.02 Å². The Kier molecular flexibility index (Phi) is 4.71. The average molecular weight is 294 g/mol. The van der Waals surface area contributed by atoms with Crippen molar-refractivity contribution < 1.29 is 9.90 Å². The molecule has 1 heterocycles. The van der Waals surface area contributed by atoms with Crippen LogP contribution in [-0.4, -0.2) is 23.7 Å². The van der Waals surface area contributed by atoms with Crippen molar-refractivity contribution in [2.24, 2.45) is 5.92 Å². The molecule has 108 valence electrons. The monoisotopic (exact) mass is 293 g/mol. The highest BCUT2D eigenvalue weighted by Gasteiger charge is 2.27. The van der Waals surface area contributed by atoms with Gasteiger partial charge in [-0.1, -0.05) is 30.7 Å². The summed E-state index contributed by atoms with van der Waals surface area (Å²) in [5.74, 6) is -0.340. The van der Waals surface area contributed by atoms with E-state index in [0.29, 0.717) is 17.0 Å². The Morgan fingerprint density at radius 2 is 2.20 bits per heavy atom. The molecular formula is C16H20ClNO2. The molecule has 20 heavy (non-hydrogen) atoms. The molecule has 4 heteroatoms. The molecule has 2 atom stereocenters. The fraction of sp³-hybridized carbons (Fsp3) is 0.438. The van der Waals surface area contributed by atoms with Crippen LogP contribution in [0.15, 0.2) is 24.3 Å². The number of anilines is 1. The number of carbonyl (C=O) groups is 1. The van der Waals surface area contributed by atoms with E-state index >= 15 is 0 Å². The van der Waals surface area contributed by atoms with Gasteiger partial charge in [-0.25, -0.2) is 4.79 Å². The molecule has 0 amide bonds. The zero-order chi connectivity index (χ0) is 14.7.